The Morgan fingerprint density at radius 1 is 1.05 bits per heavy atom. The summed E-state index contributed by atoms with van der Waals surface area (Å²) in [4.78, 5) is 5.67. The van der Waals surface area contributed by atoms with Crippen LogP contribution in [0.1, 0.15) is 5.69 Å². The van der Waals surface area contributed by atoms with Crippen LogP contribution in [0.4, 0.5) is 0 Å². The number of hydrogen-bond acceptors (Lipinski definition) is 5. The second kappa shape index (κ2) is 7.09. The summed E-state index contributed by atoms with van der Waals surface area (Å²) in [6, 6.07) is 11.9. The highest BCUT2D eigenvalue weighted by atomic mass is 79.9. The highest BCUT2D eigenvalue weighted by Gasteiger charge is 2.11. The largest absolute Gasteiger partial charge is 0.379 e. The first kappa shape index (κ1) is 14.6. The lowest BCUT2D eigenvalue weighted by molar-refractivity contribution is -0.203. The lowest BCUT2D eigenvalue weighted by Crippen LogP contribution is -2.36. The summed E-state index contributed by atoms with van der Waals surface area (Å²) in [6.45, 7) is 3.46. The first-order valence-corrected chi connectivity index (χ1v) is 7.65. The topological polar surface area (TPSA) is 47.5 Å². The van der Waals surface area contributed by atoms with E-state index in [-0.39, 0.29) is 0 Å². The molecule has 110 valence electrons. The lowest BCUT2D eigenvalue weighted by Gasteiger charge is -2.25. The van der Waals surface area contributed by atoms with E-state index in [4.69, 9.17) is 9.57 Å². The molecule has 0 amide bonds. The number of halogens is 1. The minimum Gasteiger partial charge on any atom is -0.379 e. The van der Waals surface area contributed by atoms with Gasteiger partial charge in [0, 0.05) is 23.1 Å². The zero-order chi connectivity index (χ0) is 14.5. The summed E-state index contributed by atoms with van der Waals surface area (Å²) in [5.74, 6) is 0. The van der Waals surface area contributed by atoms with Crippen LogP contribution in [0, 0.1) is 0 Å². The molecule has 1 aromatic heterocycles. The van der Waals surface area contributed by atoms with E-state index >= 15 is 0 Å². The van der Waals surface area contributed by atoms with Gasteiger partial charge in [0.25, 0.3) is 0 Å². The second-order valence-electron chi connectivity index (χ2n) is 4.73. The van der Waals surface area contributed by atoms with Gasteiger partial charge in [-0.2, -0.15) is 15.3 Å². The van der Waals surface area contributed by atoms with Crippen LogP contribution in [0.15, 0.2) is 40.9 Å². The van der Waals surface area contributed by atoms with Crippen LogP contribution in [0.2, 0.25) is 0 Å². The molecule has 0 spiro atoms. The summed E-state index contributed by atoms with van der Waals surface area (Å²) in [5.41, 5.74) is 2.73. The van der Waals surface area contributed by atoms with Crippen molar-refractivity contribution in [3.63, 3.8) is 0 Å². The number of rotatable bonds is 4. The molecule has 2 aromatic rings. The van der Waals surface area contributed by atoms with Crippen molar-refractivity contribution in [3.05, 3.63) is 46.6 Å². The number of hydrogen-bond donors (Lipinski definition) is 0. The second-order valence-corrected chi connectivity index (χ2v) is 5.65. The standard InChI is InChI=1S/C15H16BrN3O2/c16-13-3-1-12(2-4-13)15-6-5-14(17-18-15)11-21-19-7-9-20-10-8-19/h1-6H,7-11H2. The molecule has 0 unspecified atom stereocenters. The van der Waals surface area contributed by atoms with E-state index in [0.717, 1.165) is 34.5 Å². The van der Waals surface area contributed by atoms with E-state index in [2.05, 4.69) is 26.1 Å². The van der Waals surface area contributed by atoms with Crippen LogP contribution >= 0.6 is 15.9 Å². The monoisotopic (exact) mass is 349 g/mol. The van der Waals surface area contributed by atoms with E-state index in [1.807, 2.05) is 41.5 Å². The summed E-state index contributed by atoms with van der Waals surface area (Å²) < 4.78 is 6.32. The molecule has 1 aliphatic heterocycles. The van der Waals surface area contributed by atoms with Crippen molar-refractivity contribution in [1.82, 2.24) is 15.3 Å². The fourth-order valence-electron chi connectivity index (χ4n) is 2.04. The lowest BCUT2D eigenvalue weighted by atomic mass is 10.1. The number of morpholine rings is 1. The van der Waals surface area contributed by atoms with Gasteiger partial charge < -0.3 is 4.74 Å². The molecule has 0 radical (unpaired) electrons. The van der Waals surface area contributed by atoms with E-state index < -0.39 is 0 Å². The van der Waals surface area contributed by atoms with Gasteiger partial charge in [0.1, 0.15) is 6.61 Å². The summed E-state index contributed by atoms with van der Waals surface area (Å²) in [5, 5.41) is 10.4. The molecule has 2 heterocycles. The molecular weight excluding hydrogens is 334 g/mol. The Bertz CT molecular complexity index is 568. The van der Waals surface area contributed by atoms with Gasteiger partial charge in [0.15, 0.2) is 0 Å². The number of benzene rings is 1. The van der Waals surface area contributed by atoms with E-state index in [0.29, 0.717) is 19.8 Å². The Kier molecular flexibility index (Phi) is 4.92. The molecule has 6 heteroatoms. The SMILES string of the molecule is Brc1ccc(-c2ccc(CON3CCOCC3)nn2)cc1. The van der Waals surface area contributed by atoms with Crippen molar-refractivity contribution in [3.8, 4) is 11.3 Å². The maximum absolute atomic E-state index is 5.67. The zero-order valence-electron chi connectivity index (χ0n) is 11.5. The van der Waals surface area contributed by atoms with Crippen molar-refractivity contribution < 1.29 is 9.57 Å². The first-order valence-electron chi connectivity index (χ1n) is 6.85. The van der Waals surface area contributed by atoms with Crippen molar-refractivity contribution in [2.24, 2.45) is 0 Å². The summed E-state index contributed by atoms with van der Waals surface area (Å²) >= 11 is 3.42. The smallest absolute Gasteiger partial charge is 0.112 e. The highest BCUT2D eigenvalue weighted by Crippen LogP contribution is 2.19. The summed E-state index contributed by atoms with van der Waals surface area (Å²) in [6.07, 6.45) is 0. The average molecular weight is 350 g/mol. The van der Waals surface area contributed by atoms with E-state index in [1.165, 1.54) is 0 Å². The van der Waals surface area contributed by atoms with Crippen LogP contribution < -0.4 is 0 Å². The predicted molar refractivity (Wildman–Crippen MR) is 82.3 cm³/mol. The van der Waals surface area contributed by atoms with Crippen LogP contribution in [0.25, 0.3) is 11.3 Å². The molecule has 21 heavy (non-hydrogen) atoms. The molecule has 0 atom stereocenters. The zero-order valence-corrected chi connectivity index (χ0v) is 13.1. The van der Waals surface area contributed by atoms with Gasteiger partial charge >= 0.3 is 0 Å². The van der Waals surface area contributed by atoms with Gasteiger partial charge in [-0.15, -0.1) is 0 Å². The molecule has 0 bridgehead atoms. The molecule has 0 aliphatic carbocycles. The molecule has 5 nitrogen and oxygen atoms in total. The molecule has 0 saturated carbocycles. The average Bonchev–Trinajstić information content (AvgIpc) is 2.55. The molecule has 0 N–H and O–H groups in total. The predicted octanol–water partition coefficient (Wildman–Crippen LogP) is 2.67. The Labute approximate surface area is 132 Å². The Morgan fingerprint density at radius 3 is 2.48 bits per heavy atom. The van der Waals surface area contributed by atoms with Gasteiger partial charge in [-0.1, -0.05) is 28.1 Å². The third-order valence-electron chi connectivity index (χ3n) is 3.22. The van der Waals surface area contributed by atoms with E-state index in [1.54, 1.807) is 0 Å². The molecule has 3 rings (SSSR count). The van der Waals surface area contributed by atoms with Gasteiger partial charge in [-0.05, 0) is 24.3 Å². The number of aromatic nitrogens is 2. The first-order chi connectivity index (χ1) is 10.3. The van der Waals surface area contributed by atoms with Crippen LogP contribution in [-0.2, 0) is 16.2 Å². The third kappa shape index (κ3) is 4.07. The molecular formula is C15H16BrN3O2. The minimum absolute atomic E-state index is 0.438. The summed E-state index contributed by atoms with van der Waals surface area (Å²) in [7, 11) is 0. The number of hydroxylamine groups is 2. The third-order valence-corrected chi connectivity index (χ3v) is 3.75. The Morgan fingerprint density at radius 2 is 1.81 bits per heavy atom. The minimum atomic E-state index is 0.438. The molecule has 1 aromatic carbocycles. The van der Waals surface area contributed by atoms with Crippen molar-refractivity contribution >= 4 is 15.9 Å². The Balaban J connectivity index is 1.59. The van der Waals surface area contributed by atoms with Gasteiger partial charge in [-0.25, -0.2) is 0 Å². The normalized spacial score (nSPS) is 16.0. The number of ether oxygens (including phenoxy) is 1. The molecule has 1 aliphatic rings. The maximum Gasteiger partial charge on any atom is 0.112 e. The van der Waals surface area contributed by atoms with Crippen LogP contribution in [0.3, 0.4) is 0 Å². The van der Waals surface area contributed by atoms with Gasteiger partial charge in [0.2, 0.25) is 0 Å². The van der Waals surface area contributed by atoms with Gasteiger partial charge in [0.05, 0.1) is 24.6 Å². The quantitative estimate of drug-likeness (QED) is 0.849. The Hall–Kier alpha value is -1.34. The van der Waals surface area contributed by atoms with Crippen molar-refractivity contribution in [2.45, 2.75) is 6.61 Å². The highest BCUT2D eigenvalue weighted by molar-refractivity contribution is 9.10. The van der Waals surface area contributed by atoms with Crippen molar-refractivity contribution in [2.75, 3.05) is 26.3 Å². The van der Waals surface area contributed by atoms with Gasteiger partial charge in [-0.3, -0.25) is 4.84 Å². The molecule has 1 fully saturated rings. The fourth-order valence-corrected chi connectivity index (χ4v) is 2.31. The van der Waals surface area contributed by atoms with Crippen LogP contribution in [0.5, 0.6) is 0 Å². The fraction of sp³-hybridized carbons (Fsp3) is 0.333. The van der Waals surface area contributed by atoms with E-state index in [9.17, 15) is 0 Å². The number of nitrogens with zero attached hydrogens (tertiary/aromatic N) is 3. The molecule has 1 saturated heterocycles. The van der Waals surface area contributed by atoms with Crippen molar-refractivity contribution in [1.29, 1.82) is 0 Å². The maximum atomic E-state index is 5.67. The van der Waals surface area contributed by atoms with Crippen LogP contribution in [-0.4, -0.2) is 41.6 Å².